The van der Waals surface area contributed by atoms with E-state index in [9.17, 15) is 4.79 Å². The van der Waals surface area contributed by atoms with Gasteiger partial charge in [0, 0.05) is 18.2 Å². The Morgan fingerprint density at radius 3 is 2.81 bits per heavy atom. The second kappa shape index (κ2) is 5.92. The van der Waals surface area contributed by atoms with Gasteiger partial charge in [-0.05, 0) is 26.0 Å². The van der Waals surface area contributed by atoms with Crippen molar-refractivity contribution < 1.29 is 14.4 Å². The number of rotatable bonds is 4. The fourth-order valence-electron chi connectivity index (χ4n) is 1.66. The Labute approximate surface area is 122 Å². The van der Waals surface area contributed by atoms with E-state index in [1.807, 2.05) is 6.07 Å². The van der Waals surface area contributed by atoms with Crippen molar-refractivity contribution in [3.63, 3.8) is 0 Å². The van der Waals surface area contributed by atoms with E-state index in [2.05, 4.69) is 20.8 Å². The summed E-state index contributed by atoms with van der Waals surface area (Å²) in [6.07, 6.45) is 0. The zero-order valence-electron chi connectivity index (χ0n) is 12.2. The van der Waals surface area contributed by atoms with Crippen LogP contribution in [0.25, 0.3) is 11.4 Å². The third-order valence-electron chi connectivity index (χ3n) is 2.75. The van der Waals surface area contributed by atoms with E-state index in [0.717, 1.165) is 5.56 Å². The molecule has 7 nitrogen and oxygen atoms in total. The topological polar surface area (TPSA) is 100 Å². The number of hydrogen-bond acceptors (Lipinski definition) is 5. The smallest absolute Gasteiger partial charge is 0.319 e. The molecule has 2 amide bonds. The Hall–Kier alpha value is -2.41. The summed E-state index contributed by atoms with van der Waals surface area (Å²) in [6, 6.07) is 6.71. The van der Waals surface area contributed by atoms with E-state index in [4.69, 9.17) is 9.63 Å². The second-order valence-electron chi connectivity index (χ2n) is 5.34. The molecule has 3 N–H and O–H groups in total. The Bertz CT molecular complexity index is 637. The highest BCUT2D eigenvalue weighted by Crippen LogP contribution is 2.20. The van der Waals surface area contributed by atoms with Crippen LogP contribution < -0.4 is 10.6 Å². The third kappa shape index (κ3) is 4.03. The molecule has 1 aromatic heterocycles. The molecule has 0 atom stereocenters. The van der Waals surface area contributed by atoms with Gasteiger partial charge in [-0.15, -0.1) is 0 Å². The first-order valence-corrected chi connectivity index (χ1v) is 6.50. The highest BCUT2D eigenvalue weighted by atomic mass is 16.5. The highest BCUT2D eigenvalue weighted by Gasteiger charge is 2.19. The van der Waals surface area contributed by atoms with Crippen molar-refractivity contribution in [2.45, 2.75) is 26.3 Å². The molecule has 0 bridgehead atoms. The van der Waals surface area contributed by atoms with Crippen LogP contribution in [0.4, 0.5) is 10.5 Å². The van der Waals surface area contributed by atoms with Gasteiger partial charge in [-0.2, -0.15) is 4.98 Å². The van der Waals surface area contributed by atoms with Crippen molar-refractivity contribution in [1.29, 1.82) is 0 Å². The normalized spacial score (nSPS) is 11.2. The lowest BCUT2D eigenvalue weighted by Gasteiger charge is -2.23. The van der Waals surface area contributed by atoms with Gasteiger partial charge in [-0.25, -0.2) is 4.79 Å². The second-order valence-corrected chi connectivity index (χ2v) is 5.34. The summed E-state index contributed by atoms with van der Waals surface area (Å²) in [6.45, 7) is 5.02. The number of amides is 2. The average molecular weight is 290 g/mol. The summed E-state index contributed by atoms with van der Waals surface area (Å²) in [7, 11) is 0. The van der Waals surface area contributed by atoms with Crippen LogP contribution in [0.2, 0.25) is 0 Å². The number of nitrogens with one attached hydrogen (secondary N) is 2. The molecule has 0 aliphatic carbocycles. The van der Waals surface area contributed by atoms with Crippen molar-refractivity contribution in [2.24, 2.45) is 0 Å². The van der Waals surface area contributed by atoms with Crippen molar-refractivity contribution in [1.82, 2.24) is 15.5 Å². The first-order chi connectivity index (χ1) is 9.89. The number of aryl methyl sites for hydroxylation is 1. The first kappa shape index (κ1) is 15.0. The lowest BCUT2D eigenvalue weighted by atomic mass is 10.1. The van der Waals surface area contributed by atoms with Gasteiger partial charge >= 0.3 is 6.03 Å². The lowest BCUT2D eigenvalue weighted by Crippen LogP contribution is -2.48. The number of aliphatic hydroxyl groups is 1. The van der Waals surface area contributed by atoms with Gasteiger partial charge in [0.1, 0.15) is 0 Å². The van der Waals surface area contributed by atoms with Crippen molar-refractivity contribution in [2.75, 3.05) is 11.9 Å². The molecule has 0 unspecified atom stereocenters. The zero-order chi connectivity index (χ0) is 15.5. The van der Waals surface area contributed by atoms with E-state index in [0.29, 0.717) is 17.4 Å². The van der Waals surface area contributed by atoms with Crippen LogP contribution in [0.5, 0.6) is 0 Å². The summed E-state index contributed by atoms with van der Waals surface area (Å²) in [5.74, 6) is 0.943. The number of aliphatic hydroxyl groups excluding tert-OH is 1. The Kier molecular flexibility index (Phi) is 4.23. The van der Waals surface area contributed by atoms with E-state index < -0.39 is 11.6 Å². The molecule has 1 heterocycles. The minimum absolute atomic E-state index is 0.150. The molecule has 0 spiro atoms. The molecule has 2 rings (SSSR count). The largest absolute Gasteiger partial charge is 0.394 e. The van der Waals surface area contributed by atoms with Crippen LogP contribution in [-0.2, 0) is 0 Å². The van der Waals surface area contributed by atoms with Crippen LogP contribution >= 0.6 is 0 Å². The number of anilines is 1. The molecule has 0 saturated carbocycles. The molecule has 0 aliphatic heterocycles. The molecule has 7 heteroatoms. The fourth-order valence-corrected chi connectivity index (χ4v) is 1.66. The Morgan fingerprint density at radius 2 is 2.19 bits per heavy atom. The number of carbonyl (C=O) groups excluding carboxylic acids is 1. The molecule has 0 aliphatic rings. The average Bonchev–Trinajstić information content (AvgIpc) is 2.85. The van der Waals surface area contributed by atoms with Crippen LogP contribution in [0.15, 0.2) is 28.8 Å². The lowest BCUT2D eigenvalue weighted by molar-refractivity contribution is 0.187. The van der Waals surface area contributed by atoms with Crippen LogP contribution in [-0.4, -0.2) is 33.4 Å². The van der Waals surface area contributed by atoms with E-state index in [1.165, 1.54) is 0 Å². The zero-order valence-corrected chi connectivity index (χ0v) is 12.2. The fraction of sp³-hybridized carbons (Fsp3) is 0.357. The maximum atomic E-state index is 11.9. The predicted molar refractivity (Wildman–Crippen MR) is 77.8 cm³/mol. The van der Waals surface area contributed by atoms with E-state index in [-0.39, 0.29) is 6.61 Å². The van der Waals surface area contributed by atoms with Gasteiger partial charge < -0.3 is 20.3 Å². The molecule has 0 fully saturated rings. The van der Waals surface area contributed by atoms with Crippen molar-refractivity contribution >= 4 is 11.7 Å². The summed E-state index contributed by atoms with van der Waals surface area (Å²) >= 11 is 0. The van der Waals surface area contributed by atoms with Gasteiger partial charge in [0.2, 0.25) is 11.7 Å². The number of nitrogens with zero attached hydrogens (tertiary/aromatic N) is 2. The standard InChI is InChI=1S/C14H18N4O3/c1-9-15-12(18-21-9)10-5-4-6-11(7-10)16-13(20)17-14(2,3)8-19/h4-7,19H,8H2,1-3H3,(H2,16,17,20). The van der Waals surface area contributed by atoms with Gasteiger partial charge in [-0.1, -0.05) is 17.3 Å². The highest BCUT2D eigenvalue weighted by molar-refractivity contribution is 5.90. The molecule has 1 aromatic carbocycles. The molecule has 112 valence electrons. The quantitative estimate of drug-likeness (QED) is 0.799. The third-order valence-corrected chi connectivity index (χ3v) is 2.75. The van der Waals surface area contributed by atoms with Crippen LogP contribution in [0.3, 0.4) is 0 Å². The molecule has 21 heavy (non-hydrogen) atoms. The monoisotopic (exact) mass is 290 g/mol. The molecule has 2 aromatic rings. The number of urea groups is 1. The molecular formula is C14H18N4O3. The van der Waals surface area contributed by atoms with Crippen molar-refractivity contribution in [3.8, 4) is 11.4 Å². The summed E-state index contributed by atoms with van der Waals surface area (Å²) in [5.41, 5.74) is 0.652. The Balaban J connectivity index is 2.10. The number of carbonyl (C=O) groups is 1. The number of benzene rings is 1. The van der Waals surface area contributed by atoms with Gasteiger partial charge in [-0.3, -0.25) is 0 Å². The maximum absolute atomic E-state index is 11.9. The maximum Gasteiger partial charge on any atom is 0.319 e. The first-order valence-electron chi connectivity index (χ1n) is 6.50. The van der Waals surface area contributed by atoms with E-state index >= 15 is 0 Å². The SMILES string of the molecule is Cc1nc(-c2cccc(NC(=O)NC(C)(C)CO)c2)no1. The summed E-state index contributed by atoms with van der Waals surface area (Å²) < 4.78 is 4.93. The van der Waals surface area contributed by atoms with Crippen LogP contribution in [0, 0.1) is 6.92 Å². The van der Waals surface area contributed by atoms with Gasteiger partial charge in [0.25, 0.3) is 0 Å². The summed E-state index contributed by atoms with van der Waals surface area (Å²) in [4.78, 5) is 16.0. The van der Waals surface area contributed by atoms with Crippen LogP contribution in [0.1, 0.15) is 19.7 Å². The molecule has 0 saturated heterocycles. The van der Waals surface area contributed by atoms with E-state index in [1.54, 1.807) is 39.0 Å². The van der Waals surface area contributed by atoms with Gasteiger partial charge in [0.05, 0.1) is 12.1 Å². The van der Waals surface area contributed by atoms with Gasteiger partial charge in [0.15, 0.2) is 0 Å². The van der Waals surface area contributed by atoms with Crippen molar-refractivity contribution in [3.05, 3.63) is 30.2 Å². The number of aromatic nitrogens is 2. The Morgan fingerprint density at radius 1 is 1.43 bits per heavy atom. The number of hydrogen-bond donors (Lipinski definition) is 3. The molecular weight excluding hydrogens is 272 g/mol. The predicted octanol–water partition coefficient (Wildman–Crippen LogP) is 1.94. The molecule has 0 radical (unpaired) electrons. The minimum Gasteiger partial charge on any atom is -0.394 e. The minimum atomic E-state index is -0.688. The summed E-state index contributed by atoms with van der Waals surface area (Å²) in [5, 5.41) is 18.3.